The third-order valence-corrected chi connectivity index (χ3v) is 5.11. The zero-order valence-electron chi connectivity index (χ0n) is 16.5. The van der Waals surface area contributed by atoms with Gasteiger partial charge in [0.25, 0.3) is 0 Å². The summed E-state index contributed by atoms with van der Waals surface area (Å²) in [5.74, 6) is 0.751. The molecule has 3 rings (SSSR count). The van der Waals surface area contributed by atoms with Crippen LogP contribution in [0.4, 0.5) is 16.2 Å². The smallest absolute Gasteiger partial charge is 0.326 e. The molecule has 0 fully saturated rings. The number of carbonyl (C=O) groups excluding carboxylic acids is 1. The lowest BCUT2D eigenvalue weighted by molar-refractivity contribution is 0.257. The zero-order chi connectivity index (χ0) is 20.5. The van der Waals surface area contributed by atoms with E-state index in [0.29, 0.717) is 6.54 Å². The second-order valence-corrected chi connectivity index (χ2v) is 7.16. The quantitative estimate of drug-likeness (QED) is 0.479. The lowest BCUT2D eigenvalue weighted by atomic mass is 10.2. The van der Waals surface area contributed by atoms with Crippen LogP contribution in [0.5, 0.6) is 5.75 Å². The first-order valence-electron chi connectivity index (χ1n) is 9.28. The first-order chi connectivity index (χ1) is 14.2. The molecule has 0 bridgehead atoms. The molecule has 0 aliphatic heterocycles. The van der Waals surface area contributed by atoms with E-state index in [2.05, 4.69) is 5.32 Å². The Morgan fingerprint density at radius 1 is 1.00 bits per heavy atom. The number of thioether (sulfide) groups is 1. The molecule has 1 N–H and O–H groups in total. The minimum absolute atomic E-state index is 0.190. The van der Waals surface area contributed by atoms with Gasteiger partial charge in [0.15, 0.2) is 0 Å². The van der Waals surface area contributed by atoms with E-state index in [1.807, 2.05) is 97.3 Å². The molecule has 0 radical (unpaired) electrons. The lowest BCUT2D eigenvalue weighted by Gasteiger charge is -2.22. The van der Waals surface area contributed by atoms with Gasteiger partial charge < -0.3 is 10.1 Å². The maximum absolute atomic E-state index is 13.0. The molecule has 5 heteroatoms. The number of carbonyl (C=O) groups is 1. The Kier molecular flexibility index (Phi) is 7.36. The predicted molar refractivity (Wildman–Crippen MR) is 123 cm³/mol. The molecule has 0 saturated heterocycles. The van der Waals surface area contributed by atoms with Crippen molar-refractivity contribution >= 4 is 35.2 Å². The summed E-state index contributed by atoms with van der Waals surface area (Å²) in [5.41, 5.74) is 2.65. The van der Waals surface area contributed by atoms with Gasteiger partial charge in [-0.1, -0.05) is 42.5 Å². The summed E-state index contributed by atoms with van der Waals surface area (Å²) in [6.07, 6.45) is 6.02. The van der Waals surface area contributed by atoms with Gasteiger partial charge in [0, 0.05) is 22.8 Å². The summed E-state index contributed by atoms with van der Waals surface area (Å²) in [7, 11) is 1.63. The number of nitrogens with one attached hydrogen (secondary N) is 1. The van der Waals surface area contributed by atoms with E-state index in [-0.39, 0.29) is 6.03 Å². The highest BCUT2D eigenvalue weighted by Crippen LogP contribution is 2.22. The molecule has 0 aliphatic carbocycles. The Hall–Kier alpha value is -3.18. The Bertz CT molecular complexity index is 939. The number of hydrogen-bond acceptors (Lipinski definition) is 3. The summed E-state index contributed by atoms with van der Waals surface area (Å²) < 4.78 is 5.23. The van der Waals surface area contributed by atoms with Crippen LogP contribution in [0.3, 0.4) is 0 Å². The summed E-state index contributed by atoms with van der Waals surface area (Å²) in [6.45, 7) is 0.440. The van der Waals surface area contributed by atoms with E-state index in [9.17, 15) is 4.79 Å². The molecule has 0 saturated carbocycles. The highest BCUT2D eigenvalue weighted by molar-refractivity contribution is 7.98. The number of ether oxygens (including phenoxy) is 1. The second kappa shape index (κ2) is 10.4. The van der Waals surface area contributed by atoms with Crippen molar-refractivity contribution in [1.29, 1.82) is 0 Å². The van der Waals surface area contributed by atoms with E-state index >= 15 is 0 Å². The van der Waals surface area contributed by atoms with Crippen LogP contribution in [0.25, 0.3) is 6.08 Å². The zero-order valence-corrected chi connectivity index (χ0v) is 17.4. The van der Waals surface area contributed by atoms with Gasteiger partial charge in [-0.3, -0.25) is 4.90 Å². The van der Waals surface area contributed by atoms with Gasteiger partial charge in [0.1, 0.15) is 5.75 Å². The monoisotopic (exact) mass is 404 g/mol. The maximum Gasteiger partial charge on any atom is 0.326 e. The van der Waals surface area contributed by atoms with Crippen LogP contribution in [-0.2, 0) is 0 Å². The predicted octanol–water partition coefficient (Wildman–Crippen LogP) is 6.17. The SMILES string of the molecule is COc1ccc(N(C/C=C/c2ccccc2)C(=O)Nc2ccc(SC)cc2)cc1. The van der Waals surface area contributed by atoms with E-state index in [0.717, 1.165) is 27.6 Å². The van der Waals surface area contributed by atoms with Gasteiger partial charge in [-0.05, 0) is 60.4 Å². The number of rotatable bonds is 7. The second-order valence-electron chi connectivity index (χ2n) is 6.28. The maximum atomic E-state index is 13.0. The third kappa shape index (κ3) is 5.90. The number of anilines is 2. The molecule has 0 atom stereocenters. The first kappa shape index (κ1) is 20.6. The lowest BCUT2D eigenvalue weighted by Crippen LogP contribution is -2.35. The Labute approximate surface area is 176 Å². The average Bonchev–Trinajstić information content (AvgIpc) is 2.78. The van der Waals surface area contributed by atoms with Crippen LogP contribution in [0.1, 0.15) is 5.56 Å². The van der Waals surface area contributed by atoms with E-state index in [4.69, 9.17) is 4.74 Å². The highest BCUT2D eigenvalue weighted by Gasteiger charge is 2.15. The molecule has 4 nitrogen and oxygen atoms in total. The van der Waals surface area contributed by atoms with Crippen molar-refractivity contribution in [3.63, 3.8) is 0 Å². The third-order valence-electron chi connectivity index (χ3n) is 4.37. The fourth-order valence-electron chi connectivity index (χ4n) is 2.79. The van der Waals surface area contributed by atoms with Crippen molar-refractivity contribution in [2.24, 2.45) is 0 Å². The van der Waals surface area contributed by atoms with Crippen molar-refractivity contribution in [3.8, 4) is 5.75 Å². The van der Waals surface area contributed by atoms with Crippen molar-refractivity contribution in [2.75, 3.05) is 30.1 Å². The molecule has 3 aromatic carbocycles. The molecule has 0 aliphatic rings. The van der Waals surface area contributed by atoms with Crippen molar-refractivity contribution < 1.29 is 9.53 Å². The van der Waals surface area contributed by atoms with E-state index < -0.39 is 0 Å². The fraction of sp³-hybridized carbons (Fsp3) is 0.125. The van der Waals surface area contributed by atoms with Crippen LogP contribution in [0, 0.1) is 0 Å². The Morgan fingerprint density at radius 2 is 1.69 bits per heavy atom. The summed E-state index contributed by atoms with van der Waals surface area (Å²) in [5, 5.41) is 2.98. The van der Waals surface area contributed by atoms with Crippen LogP contribution in [0.2, 0.25) is 0 Å². The molecule has 0 spiro atoms. The van der Waals surface area contributed by atoms with Gasteiger partial charge in [-0.2, -0.15) is 0 Å². The number of hydrogen-bond donors (Lipinski definition) is 1. The minimum Gasteiger partial charge on any atom is -0.497 e. The molecule has 0 unspecified atom stereocenters. The summed E-state index contributed by atoms with van der Waals surface area (Å²) in [4.78, 5) is 15.9. The number of nitrogens with zero attached hydrogens (tertiary/aromatic N) is 1. The van der Waals surface area contributed by atoms with Crippen LogP contribution in [0.15, 0.2) is 89.8 Å². The molecule has 0 aromatic heterocycles. The van der Waals surface area contributed by atoms with Gasteiger partial charge in [0.2, 0.25) is 0 Å². The number of methoxy groups -OCH3 is 1. The van der Waals surface area contributed by atoms with Gasteiger partial charge in [-0.25, -0.2) is 4.79 Å². The number of urea groups is 1. The molecule has 0 heterocycles. The van der Waals surface area contributed by atoms with Crippen LogP contribution < -0.4 is 15.0 Å². The Morgan fingerprint density at radius 3 is 2.31 bits per heavy atom. The molecule has 3 aromatic rings. The molecule has 29 heavy (non-hydrogen) atoms. The standard InChI is InChI=1S/C24H24N2O2S/c1-28-22-14-12-21(13-15-22)26(18-6-9-19-7-4-3-5-8-19)24(27)25-20-10-16-23(29-2)17-11-20/h3-17H,18H2,1-2H3,(H,25,27)/b9-6+. The molecule has 2 amide bonds. The Balaban J connectivity index is 1.78. The van der Waals surface area contributed by atoms with Gasteiger partial charge >= 0.3 is 6.03 Å². The topological polar surface area (TPSA) is 41.6 Å². The average molecular weight is 405 g/mol. The van der Waals surface area contributed by atoms with Crippen molar-refractivity contribution in [1.82, 2.24) is 0 Å². The van der Waals surface area contributed by atoms with E-state index in [1.165, 1.54) is 0 Å². The minimum atomic E-state index is -0.190. The largest absolute Gasteiger partial charge is 0.497 e. The van der Waals surface area contributed by atoms with Gasteiger partial charge in [0.05, 0.1) is 7.11 Å². The van der Waals surface area contributed by atoms with Crippen LogP contribution in [-0.4, -0.2) is 25.9 Å². The summed E-state index contributed by atoms with van der Waals surface area (Å²) >= 11 is 1.67. The normalized spacial score (nSPS) is 10.7. The van der Waals surface area contributed by atoms with Gasteiger partial charge in [-0.15, -0.1) is 11.8 Å². The number of amides is 2. The van der Waals surface area contributed by atoms with Crippen molar-refractivity contribution in [3.05, 3.63) is 90.5 Å². The number of benzene rings is 3. The molecular formula is C24H24N2O2S. The molecular weight excluding hydrogens is 380 g/mol. The summed E-state index contributed by atoms with van der Waals surface area (Å²) in [6, 6.07) is 25.1. The molecule has 148 valence electrons. The van der Waals surface area contributed by atoms with Crippen LogP contribution >= 0.6 is 11.8 Å². The highest BCUT2D eigenvalue weighted by atomic mass is 32.2. The van der Waals surface area contributed by atoms with Crippen molar-refractivity contribution in [2.45, 2.75) is 4.90 Å². The first-order valence-corrected chi connectivity index (χ1v) is 10.5. The van der Waals surface area contributed by atoms with E-state index in [1.54, 1.807) is 23.8 Å². The fourth-order valence-corrected chi connectivity index (χ4v) is 3.20.